The molecule has 2 aromatic heterocycles. The molecule has 2 rings (SSSR count). The highest BCUT2D eigenvalue weighted by atomic mass is 35.5. The van der Waals surface area contributed by atoms with Gasteiger partial charge in [0, 0.05) is 6.20 Å². The molecule has 0 saturated carbocycles. The minimum Gasteiger partial charge on any atom is -0.467 e. The Labute approximate surface area is 108 Å². The van der Waals surface area contributed by atoms with Crippen molar-refractivity contribution in [2.24, 2.45) is 0 Å². The summed E-state index contributed by atoms with van der Waals surface area (Å²) in [6.07, 6.45) is 1.96. The first-order chi connectivity index (χ1) is 8.66. The van der Waals surface area contributed by atoms with Crippen LogP contribution in [0.4, 0.5) is 0 Å². The van der Waals surface area contributed by atoms with Gasteiger partial charge in [-0.25, -0.2) is 4.98 Å². The minimum absolute atomic E-state index is 0.0645. The third-order valence-electron chi connectivity index (χ3n) is 2.32. The highest BCUT2D eigenvalue weighted by Gasteiger charge is 2.12. The Bertz CT molecular complexity index is 511. The van der Waals surface area contributed by atoms with Crippen molar-refractivity contribution < 1.29 is 14.3 Å². The Kier molecular flexibility index (Phi) is 3.96. The summed E-state index contributed by atoms with van der Waals surface area (Å²) >= 11 is 5.62. The van der Waals surface area contributed by atoms with Gasteiger partial charge in [-0.2, -0.15) is 0 Å². The van der Waals surface area contributed by atoms with Crippen molar-refractivity contribution in [3.05, 3.63) is 53.2 Å². The molecule has 1 unspecified atom stereocenters. The summed E-state index contributed by atoms with van der Waals surface area (Å²) in [5.41, 5.74) is 0.381. The van der Waals surface area contributed by atoms with Gasteiger partial charge in [-0.1, -0.05) is 11.6 Å². The van der Waals surface area contributed by atoms with Crippen LogP contribution in [0, 0.1) is 0 Å². The van der Waals surface area contributed by atoms with Crippen LogP contribution in [0.3, 0.4) is 0 Å². The number of furan rings is 1. The predicted molar refractivity (Wildman–Crippen MR) is 65.2 cm³/mol. The highest BCUT2D eigenvalue weighted by molar-refractivity contribution is 6.29. The second kappa shape index (κ2) is 5.66. The fraction of sp³-hybridized carbons (Fsp3) is 0.167. The van der Waals surface area contributed by atoms with Crippen LogP contribution >= 0.6 is 11.6 Å². The Hall–Kier alpha value is -1.85. The van der Waals surface area contributed by atoms with E-state index in [1.807, 2.05) is 0 Å². The second-order valence-electron chi connectivity index (χ2n) is 3.61. The third-order valence-corrected chi connectivity index (χ3v) is 2.54. The van der Waals surface area contributed by atoms with Crippen LogP contribution in [0.25, 0.3) is 0 Å². The molecule has 0 radical (unpaired) electrons. The number of nitrogens with zero attached hydrogens (tertiary/aromatic N) is 1. The maximum atomic E-state index is 11.7. The van der Waals surface area contributed by atoms with Gasteiger partial charge >= 0.3 is 0 Å². The van der Waals surface area contributed by atoms with E-state index in [2.05, 4.69) is 10.3 Å². The van der Waals surface area contributed by atoms with E-state index >= 15 is 0 Å². The molecule has 0 spiro atoms. The van der Waals surface area contributed by atoms with Gasteiger partial charge in [0.1, 0.15) is 17.0 Å². The van der Waals surface area contributed by atoms with Crippen LogP contribution in [0.1, 0.15) is 22.2 Å². The summed E-state index contributed by atoms with van der Waals surface area (Å²) in [5.74, 6) is 0.0781. The molecule has 18 heavy (non-hydrogen) atoms. The molecule has 1 amide bonds. The average Bonchev–Trinajstić information content (AvgIpc) is 2.90. The number of aliphatic hydroxyl groups is 1. The largest absolute Gasteiger partial charge is 0.467 e. The standard InChI is InChI=1S/C12H11ClN2O3/c13-11-4-3-8(6-14-11)12(17)15-7-9(16)10-2-1-5-18-10/h1-6,9,16H,7H2,(H,15,17). The number of hydrogen-bond acceptors (Lipinski definition) is 4. The van der Waals surface area contributed by atoms with E-state index < -0.39 is 6.10 Å². The van der Waals surface area contributed by atoms with Gasteiger partial charge in [0.05, 0.1) is 18.4 Å². The van der Waals surface area contributed by atoms with Gasteiger partial charge < -0.3 is 14.8 Å². The number of halogens is 1. The van der Waals surface area contributed by atoms with E-state index in [0.717, 1.165) is 0 Å². The van der Waals surface area contributed by atoms with Gasteiger partial charge in [-0.15, -0.1) is 0 Å². The smallest absolute Gasteiger partial charge is 0.252 e. The number of aliphatic hydroxyl groups excluding tert-OH is 1. The molecule has 6 heteroatoms. The molecule has 5 nitrogen and oxygen atoms in total. The van der Waals surface area contributed by atoms with Crippen LogP contribution in [0.5, 0.6) is 0 Å². The zero-order valence-electron chi connectivity index (χ0n) is 9.34. The molecule has 0 aliphatic heterocycles. The Morgan fingerprint density at radius 3 is 2.94 bits per heavy atom. The fourth-order valence-corrected chi connectivity index (χ4v) is 1.49. The molecule has 2 heterocycles. The molecule has 1 atom stereocenters. The van der Waals surface area contributed by atoms with Crippen LogP contribution in [0.2, 0.25) is 5.15 Å². The summed E-state index contributed by atoms with van der Waals surface area (Å²) < 4.78 is 5.02. The van der Waals surface area contributed by atoms with Crippen molar-refractivity contribution in [3.8, 4) is 0 Å². The summed E-state index contributed by atoms with van der Waals surface area (Å²) in [4.78, 5) is 15.5. The molecule has 0 aliphatic rings. The number of amides is 1. The topological polar surface area (TPSA) is 75.4 Å². The van der Waals surface area contributed by atoms with Gasteiger partial charge in [-0.05, 0) is 24.3 Å². The monoisotopic (exact) mass is 266 g/mol. The van der Waals surface area contributed by atoms with Gasteiger partial charge in [-0.3, -0.25) is 4.79 Å². The highest BCUT2D eigenvalue weighted by Crippen LogP contribution is 2.12. The number of carbonyl (C=O) groups excluding carboxylic acids is 1. The van der Waals surface area contributed by atoms with E-state index in [0.29, 0.717) is 16.5 Å². The molecule has 2 aromatic rings. The Morgan fingerprint density at radius 2 is 2.33 bits per heavy atom. The summed E-state index contributed by atoms with van der Waals surface area (Å²) in [5, 5.41) is 12.6. The van der Waals surface area contributed by atoms with Crippen LogP contribution in [-0.2, 0) is 0 Å². The number of aromatic nitrogens is 1. The molecule has 0 aliphatic carbocycles. The molecule has 0 fully saturated rings. The lowest BCUT2D eigenvalue weighted by atomic mass is 10.2. The summed E-state index contributed by atoms with van der Waals surface area (Å²) in [6.45, 7) is 0.0645. The van der Waals surface area contributed by atoms with Crippen molar-refractivity contribution in [2.45, 2.75) is 6.10 Å². The van der Waals surface area contributed by atoms with E-state index in [9.17, 15) is 9.90 Å². The lowest BCUT2D eigenvalue weighted by Gasteiger charge is -2.09. The lowest BCUT2D eigenvalue weighted by molar-refractivity contribution is 0.0901. The zero-order valence-corrected chi connectivity index (χ0v) is 10.1. The van der Waals surface area contributed by atoms with Crippen molar-refractivity contribution >= 4 is 17.5 Å². The van der Waals surface area contributed by atoms with Crippen molar-refractivity contribution in [3.63, 3.8) is 0 Å². The lowest BCUT2D eigenvalue weighted by Crippen LogP contribution is -2.28. The van der Waals surface area contributed by atoms with Crippen molar-refractivity contribution in [1.29, 1.82) is 0 Å². The van der Waals surface area contributed by atoms with E-state index in [1.54, 1.807) is 18.2 Å². The Morgan fingerprint density at radius 1 is 1.50 bits per heavy atom. The van der Waals surface area contributed by atoms with E-state index in [-0.39, 0.29) is 12.5 Å². The van der Waals surface area contributed by atoms with E-state index in [1.165, 1.54) is 18.5 Å². The first-order valence-corrected chi connectivity index (χ1v) is 5.66. The number of nitrogens with one attached hydrogen (secondary N) is 1. The molecular weight excluding hydrogens is 256 g/mol. The van der Waals surface area contributed by atoms with Crippen LogP contribution < -0.4 is 5.32 Å². The molecule has 0 saturated heterocycles. The van der Waals surface area contributed by atoms with Gasteiger partial charge in [0.2, 0.25) is 0 Å². The molecule has 2 N–H and O–H groups in total. The second-order valence-corrected chi connectivity index (χ2v) is 4.00. The molecule has 94 valence electrons. The molecule has 0 aromatic carbocycles. The first kappa shape index (κ1) is 12.6. The third kappa shape index (κ3) is 3.09. The van der Waals surface area contributed by atoms with Gasteiger partial charge in [0.15, 0.2) is 0 Å². The van der Waals surface area contributed by atoms with Crippen LogP contribution in [0.15, 0.2) is 41.1 Å². The Balaban J connectivity index is 1.90. The SMILES string of the molecule is O=C(NCC(O)c1ccco1)c1ccc(Cl)nc1. The summed E-state index contributed by atoms with van der Waals surface area (Å²) in [6, 6.07) is 6.40. The van der Waals surface area contributed by atoms with Gasteiger partial charge in [0.25, 0.3) is 5.91 Å². The maximum Gasteiger partial charge on any atom is 0.252 e. The molecule has 0 bridgehead atoms. The van der Waals surface area contributed by atoms with E-state index in [4.69, 9.17) is 16.0 Å². The van der Waals surface area contributed by atoms with Crippen molar-refractivity contribution in [2.75, 3.05) is 6.54 Å². The van der Waals surface area contributed by atoms with Crippen LogP contribution in [-0.4, -0.2) is 22.5 Å². The first-order valence-electron chi connectivity index (χ1n) is 5.28. The quantitative estimate of drug-likeness (QED) is 0.828. The maximum absolute atomic E-state index is 11.7. The number of hydrogen-bond donors (Lipinski definition) is 2. The summed E-state index contributed by atoms with van der Waals surface area (Å²) in [7, 11) is 0. The fourth-order valence-electron chi connectivity index (χ4n) is 1.38. The number of rotatable bonds is 4. The zero-order chi connectivity index (χ0) is 13.0. The molecular formula is C12H11ClN2O3. The van der Waals surface area contributed by atoms with Crippen molar-refractivity contribution in [1.82, 2.24) is 10.3 Å². The number of pyridine rings is 1. The average molecular weight is 267 g/mol. The normalized spacial score (nSPS) is 12.1. The minimum atomic E-state index is -0.871. The number of carbonyl (C=O) groups is 1. The predicted octanol–water partition coefficient (Wildman–Crippen LogP) is 1.79.